The van der Waals surface area contributed by atoms with E-state index in [1.165, 1.54) is 17.9 Å². The van der Waals surface area contributed by atoms with Crippen LogP contribution in [0.4, 0.5) is 0 Å². The minimum Gasteiger partial charge on any atom is -0.374 e. The van der Waals surface area contributed by atoms with E-state index in [1.54, 1.807) is 0 Å². The Morgan fingerprint density at radius 2 is 1.64 bits per heavy atom. The van der Waals surface area contributed by atoms with Crippen LogP contribution in [0.5, 0.6) is 0 Å². The fraction of sp³-hybridized carbons (Fsp3) is 1.00. The van der Waals surface area contributed by atoms with E-state index < -0.39 is 0 Å². The van der Waals surface area contributed by atoms with Gasteiger partial charge in [-0.05, 0) is 25.7 Å². The molecule has 3 fully saturated rings. The Hall–Kier alpha value is -0.160. The fourth-order valence-electron chi connectivity index (χ4n) is 2.22. The summed E-state index contributed by atoms with van der Waals surface area (Å²) in [4.78, 5) is 2.10. The molecule has 3 aliphatic rings. The molecule has 3 saturated heterocycles. The zero-order chi connectivity index (χ0) is 10.0. The smallest absolute Gasteiger partial charge is 0.131 e. The van der Waals surface area contributed by atoms with E-state index in [0.29, 0.717) is 0 Å². The molecule has 0 aromatic rings. The van der Waals surface area contributed by atoms with Gasteiger partial charge in [-0.3, -0.25) is 4.90 Å². The number of hydroxylamine groups is 2. The summed E-state index contributed by atoms with van der Waals surface area (Å²) in [5.74, 6) is 0. The van der Waals surface area contributed by atoms with Gasteiger partial charge in [-0.25, -0.2) is 0 Å². The van der Waals surface area contributed by atoms with Crippen LogP contribution in [0.3, 0.4) is 0 Å². The third-order valence-electron chi connectivity index (χ3n) is 3.27. The topological polar surface area (TPSA) is 46.7 Å². The number of hydrogen-bond acceptors (Lipinski definition) is 4. The molecule has 2 N–H and O–H groups in total. The lowest BCUT2D eigenvalue weighted by molar-refractivity contribution is -0.103. The molecule has 3 heterocycles. The van der Waals surface area contributed by atoms with Crippen LogP contribution in [0.1, 0.15) is 32.1 Å². The van der Waals surface area contributed by atoms with Crippen LogP contribution in [-0.2, 0) is 0 Å². The average Bonchev–Trinajstić information content (AvgIpc) is 2.67. The molecular formula is C10H20N2O2. The molecule has 0 bridgehead atoms. The lowest BCUT2D eigenvalue weighted by Gasteiger charge is -2.18. The molecule has 0 aromatic carbocycles. The molecule has 0 amide bonds. The van der Waals surface area contributed by atoms with Crippen molar-refractivity contribution in [1.29, 1.82) is 0 Å². The highest BCUT2D eigenvalue weighted by atomic mass is 16.5. The first kappa shape index (κ1) is 10.4. The van der Waals surface area contributed by atoms with Gasteiger partial charge in [-0.1, -0.05) is 6.42 Å². The first-order chi connectivity index (χ1) is 6.71. The Balaban J connectivity index is 0.000000107. The largest absolute Gasteiger partial charge is 0.374 e. The van der Waals surface area contributed by atoms with Gasteiger partial charge in [-0.15, -0.1) is 0 Å². The van der Waals surface area contributed by atoms with Crippen LogP contribution in [0.25, 0.3) is 0 Å². The van der Waals surface area contributed by atoms with Crippen LogP contribution in [0.2, 0.25) is 0 Å². The zero-order valence-electron chi connectivity index (χ0n) is 8.65. The lowest BCUT2D eigenvalue weighted by Crippen LogP contribution is -2.25. The van der Waals surface area contributed by atoms with Crippen LogP contribution in [-0.4, -0.2) is 52.2 Å². The lowest BCUT2D eigenvalue weighted by atomic mass is 10.2. The van der Waals surface area contributed by atoms with Crippen LogP contribution >= 0.6 is 0 Å². The summed E-state index contributed by atoms with van der Waals surface area (Å²) in [6.07, 6.45) is 5.81. The second-order valence-electron chi connectivity index (χ2n) is 4.52. The summed E-state index contributed by atoms with van der Waals surface area (Å²) in [6, 6.07) is 0. The number of piperidine rings is 2. The number of nitrogens with zero attached hydrogens (tertiary/aromatic N) is 2. The standard InChI is InChI=1S/C5H9NO.C5H11NO/c7-5-2-1-3-6(5)4-5;7-6-4-2-1-3-5-6/h7H,1-4H2;7H,1-5H2. The van der Waals surface area contributed by atoms with Gasteiger partial charge in [0.05, 0.1) is 0 Å². The van der Waals surface area contributed by atoms with Crippen molar-refractivity contribution in [3.63, 3.8) is 0 Å². The predicted molar refractivity (Wildman–Crippen MR) is 53.0 cm³/mol. The molecule has 4 heteroatoms. The minimum absolute atomic E-state index is 0.306. The molecule has 3 rings (SSSR count). The minimum atomic E-state index is -0.306. The summed E-state index contributed by atoms with van der Waals surface area (Å²) < 4.78 is 0. The van der Waals surface area contributed by atoms with Crippen molar-refractivity contribution in [3.8, 4) is 0 Å². The third-order valence-corrected chi connectivity index (χ3v) is 3.27. The van der Waals surface area contributed by atoms with Crippen LogP contribution in [0.15, 0.2) is 0 Å². The summed E-state index contributed by atoms with van der Waals surface area (Å²) in [6.45, 7) is 3.81. The average molecular weight is 200 g/mol. The fourth-order valence-corrected chi connectivity index (χ4v) is 2.22. The van der Waals surface area contributed by atoms with Gasteiger partial charge in [0.25, 0.3) is 0 Å². The molecule has 0 saturated carbocycles. The Labute approximate surface area is 85.1 Å². The van der Waals surface area contributed by atoms with E-state index in [0.717, 1.165) is 45.4 Å². The maximum absolute atomic E-state index is 9.19. The molecule has 4 nitrogen and oxygen atoms in total. The summed E-state index contributed by atoms with van der Waals surface area (Å²) in [5, 5.41) is 19.3. The molecule has 3 aliphatic heterocycles. The second-order valence-corrected chi connectivity index (χ2v) is 4.52. The number of rotatable bonds is 0. The van der Waals surface area contributed by atoms with Crippen molar-refractivity contribution in [2.75, 3.05) is 26.2 Å². The molecular weight excluding hydrogens is 180 g/mol. The van der Waals surface area contributed by atoms with Gasteiger partial charge in [0, 0.05) is 26.2 Å². The Morgan fingerprint density at radius 1 is 0.929 bits per heavy atom. The van der Waals surface area contributed by atoms with Gasteiger partial charge in [0.2, 0.25) is 0 Å². The molecule has 0 radical (unpaired) electrons. The zero-order valence-corrected chi connectivity index (χ0v) is 8.65. The molecule has 0 aromatic heterocycles. The van der Waals surface area contributed by atoms with Crippen molar-refractivity contribution >= 4 is 0 Å². The van der Waals surface area contributed by atoms with Crippen LogP contribution < -0.4 is 0 Å². The number of aliphatic hydroxyl groups is 1. The van der Waals surface area contributed by atoms with Crippen molar-refractivity contribution in [2.24, 2.45) is 0 Å². The second kappa shape index (κ2) is 4.14. The SMILES string of the molecule is OC12CCCN1C2.ON1CCCCC1. The van der Waals surface area contributed by atoms with Crippen molar-refractivity contribution in [2.45, 2.75) is 37.8 Å². The Morgan fingerprint density at radius 3 is 1.86 bits per heavy atom. The van der Waals surface area contributed by atoms with E-state index in [1.807, 2.05) is 0 Å². The summed E-state index contributed by atoms with van der Waals surface area (Å²) >= 11 is 0. The Kier molecular flexibility index (Phi) is 3.07. The van der Waals surface area contributed by atoms with Crippen molar-refractivity contribution in [3.05, 3.63) is 0 Å². The van der Waals surface area contributed by atoms with E-state index >= 15 is 0 Å². The van der Waals surface area contributed by atoms with Crippen molar-refractivity contribution < 1.29 is 10.3 Å². The highest BCUT2D eigenvalue weighted by Crippen LogP contribution is 2.39. The molecule has 14 heavy (non-hydrogen) atoms. The van der Waals surface area contributed by atoms with Crippen LogP contribution in [0, 0.1) is 0 Å². The first-order valence-corrected chi connectivity index (χ1v) is 5.62. The van der Waals surface area contributed by atoms with Gasteiger partial charge >= 0.3 is 0 Å². The van der Waals surface area contributed by atoms with Crippen molar-refractivity contribution in [1.82, 2.24) is 9.96 Å². The normalized spacial score (nSPS) is 41.1. The van der Waals surface area contributed by atoms with E-state index in [2.05, 4.69) is 4.90 Å². The van der Waals surface area contributed by atoms with Gasteiger partial charge in [0.1, 0.15) is 5.72 Å². The Bertz CT molecular complexity index is 193. The molecule has 0 spiro atoms. The maximum Gasteiger partial charge on any atom is 0.131 e. The van der Waals surface area contributed by atoms with E-state index in [-0.39, 0.29) is 5.72 Å². The number of hydrogen-bond donors (Lipinski definition) is 2. The monoisotopic (exact) mass is 200 g/mol. The van der Waals surface area contributed by atoms with Gasteiger partial charge in [0.15, 0.2) is 0 Å². The molecule has 2 atom stereocenters. The van der Waals surface area contributed by atoms with E-state index in [9.17, 15) is 5.11 Å². The summed E-state index contributed by atoms with van der Waals surface area (Å²) in [5.41, 5.74) is -0.306. The quantitative estimate of drug-likeness (QED) is 0.564. The van der Waals surface area contributed by atoms with Gasteiger partial charge in [-0.2, -0.15) is 5.06 Å². The molecule has 2 unspecified atom stereocenters. The summed E-state index contributed by atoms with van der Waals surface area (Å²) in [7, 11) is 0. The third kappa shape index (κ3) is 2.45. The molecule has 82 valence electrons. The van der Waals surface area contributed by atoms with Gasteiger partial charge < -0.3 is 10.3 Å². The highest BCUT2D eigenvalue weighted by Gasteiger charge is 2.53. The molecule has 0 aliphatic carbocycles. The maximum atomic E-state index is 9.19. The number of fused-ring (bicyclic) bond motifs is 1. The first-order valence-electron chi connectivity index (χ1n) is 5.62. The van der Waals surface area contributed by atoms with E-state index in [4.69, 9.17) is 5.21 Å². The highest BCUT2D eigenvalue weighted by molar-refractivity contribution is 5.01. The predicted octanol–water partition coefficient (Wildman–Crippen LogP) is 0.646.